The first-order chi connectivity index (χ1) is 18.5. The lowest BCUT2D eigenvalue weighted by atomic mass is 9.86. The number of benzene rings is 1. The summed E-state index contributed by atoms with van der Waals surface area (Å²) in [7, 11) is 3.09. The van der Waals surface area contributed by atoms with Crippen LogP contribution in [0.15, 0.2) is 24.3 Å². The maximum Gasteiger partial charge on any atom is 0.412 e. The molecule has 1 saturated heterocycles. The number of nitrogens with zero attached hydrogens (tertiary/aromatic N) is 1. The van der Waals surface area contributed by atoms with Crippen LogP contribution in [-0.2, 0) is 35.0 Å². The van der Waals surface area contributed by atoms with E-state index in [1.165, 1.54) is 12.0 Å². The summed E-state index contributed by atoms with van der Waals surface area (Å²) in [6.07, 6.45) is 4.06. The van der Waals surface area contributed by atoms with E-state index in [9.17, 15) is 14.4 Å². The van der Waals surface area contributed by atoms with Crippen molar-refractivity contribution in [3.05, 3.63) is 29.8 Å². The summed E-state index contributed by atoms with van der Waals surface area (Å²) in [6.45, 7) is 6.96. The number of amides is 1. The number of carbonyl (C=O) groups is 3. The summed E-state index contributed by atoms with van der Waals surface area (Å²) < 4.78 is 28.2. The van der Waals surface area contributed by atoms with Crippen LogP contribution in [0.3, 0.4) is 0 Å². The maximum absolute atomic E-state index is 13.5. The zero-order valence-electron chi connectivity index (χ0n) is 24.3. The second-order valence-corrected chi connectivity index (χ2v) is 11.7. The highest BCUT2D eigenvalue weighted by atomic mass is 16.6. The Morgan fingerprint density at radius 3 is 2.26 bits per heavy atom. The normalized spacial score (nSPS) is 24.6. The SMILES string of the molecule is COCN(C(=O)OC(C)(C)C)[C@H]1CCC[C@H](Cc2ccc(OC)cc2)[C@@H](OC(=O)C2CCCC2)[C@H](C)OC1=O. The molecule has 0 spiro atoms. The van der Waals surface area contributed by atoms with Crippen molar-refractivity contribution in [1.82, 2.24) is 4.90 Å². The van der Waals surface area contributed by atoms with Gasteiger partial charge in [-0.25, -0.2) is 9.59 Å². The van der Waals surface area contributed by atoms with Gasteiger partial charge in [-0.1, -0.05) is 31.4 Å². The van der Waals surface area contributed by atoms with Crippen LogP contribution >= 0.6 is 0 Å². The Morgan fingerprint density at radius 2 is 1.67 bits per heavy atom. The predicted octanol–water partition coefficient (Wildman–Crippen LogP) is 5.28. The summed E-state index contributed by atoms with van der Waals surface area (Å²) >= 11 is 0. The molecule has 39 heavy (non-hydrogen) atoms. The van der Waals surface area contributed by atoms with Gasteiger partial charge in [0.2, 0.25) is 0 Å². The number of hydrogen-bond acceptors (Lipinski definition) is 8. The van der Waals surface area contributed by atoms with Crippen LogP contribution in [0.2, 0.25) is 0 Å². The number of ether oxygens (including phenoxy) is 5. The minimum atomic E-state index is -0.881. The van der Waals surface area contributed by atoms with Crippen molar-refractivity contribution >= 4 is 18.0 Å². The largest absolute Gasteiger partial charge is 0.497 e. The summed E-state index contributed by atoms with van der Waals surface area (Å²) in [5.74, 6) is -0.201. The highest BCUT2D eigenvalue weighted by Gasteiger charge is 2.41. The van der Waals surface area contributed by atoms with Crippen molar-refractivity contribution in [2.45, 2.75) is 103 Å². The molecule has 0 unspecified atom stereocenters. The van der Waals surface area contributed by atoms with Gasteiger partial charge >= 0.3 is 18.0 Å². The number of cyclic esters (lactones) is 1. The summed E-state index contributed by atoms with van der Waals surface area (Å²) in [5, 5.41) is 0. The number of carbonyl (C=O) groups excluding carboxylic acids is 3. The van der Waals surface area contributed by atoms with Gasteiger partial charge in [0.1, 0.15) is 36.3 Å². The third kappa shape index (κ3) is 8.85. The van der Waals surface area contributed by atoms with Crippen LogP contribution in [0.25, 0.3) is 0 Å². The third-order valence-corrected chi connectivity index (χ3v) is 7.42. The molecule has 9 nitrogen and oxygen atoms in total. The van der Waals surface area contributed by atoms with Gasteiger partial charge < -0.3 is 23.7 Å². The van der Waals surface area contributed by atoms with Crippen molar-refractivity contribution in [3.8, 4) is 5.75 Å². The number of hydrogen-bond donors (Lipinski definition) is 0. The minimum absolute atomic E-state index is 0.0808. The quantitative estimate of drug-likeness (QED) is 0.246. The molecule has 0 bridgehead atoms. The van der Waals surface area contributed by atoms with Crippen LogP contribution in [0.5, 0.6) is 5.75 Å². The monoisotopic (exact) mass is 547 g/mol. The van der Waals surface area contributed by atoms with E-state index in [4.69, 9.17) is 23.7 Å². The van der Waals surface area contributed by atoms with Crippen molar-refractivity contribution in [2.24, 2.45) is 11.8 Å². The van der Waals surface area contributed by atoms with Gasteiger partial charge in [0.25, 0.3) is 0 Å². The van der Waals surface area contributed by atoms with E-state index >= 15 is 0 Å². The van der Waals surface area contributed by atoms with E-state index in [1.54, 1.807) is 34.8 Å². The van der Waals surface area contributed by atoms with E-state index in [2.05, 4.69) is 0 Å². The zero-order chi connectivity index (χ0) is 28.6. The highest BCUT2D eigenvalue weighted by molar-refractivity contribution is 5.81. The molecule has 1 saturated carbocycles. The van der Waals surface area contributed by atoms with Crippen molar-refractivity contribution in [2.75, 3.05) is 21.0 Å². The maximum atomic E-state index is 13.5. The predicted molar refractivity (Wildman–Crippen MR) is 145 cm³/mol. The molecule has 0 N–H and O–H groups in total. The van der Waals surface area contributed by atoms with Gasteiger partial charge in [0, 0.05) is 13.0 Å². The van der Waals surface area contributed by atoms with Crippen molar-refractivity contribution in [1.29, 1.82) is 0 Å². The average molecular weight is 548 g/mol. The van der Waals surface area contributed by atoms with Crippen molar-refractivity contribution in [3.63, 3.8) is 0 Å². The molecule has 3 rings (SSSR count). The van der Waals surface area contributed by atoms with Gasteiger partial charge in [0.15, 0.2) is 0 Å². The smallest absolute Gasteiger partial charge is 0.412 e. The minimum Gasteiger partial charge on any atom is -0.497 e. The molecule has 0 radical (unpaired) electrons. The molecule has 218 valence electrons. The summed E-state index contributed by atoms with van der Waals surface area (Å²) in [6, 6.07) is 6.95. The molecule has 1 heterocycles. The van der Waals surface area contributed by atoms with E-state index in [1.807, 2.05) is 24.3 Å². The van der Waals surface area contributed by atoms with Gasteiger partial charge in [-0.05, 0) is 77.5 Å². The molecule has 1 aromatic carbocycles. The molecular formula is C30H45NO8. The Labute approximate surface area is 232 Å². The number of esters is 2. The molecule has 1 aliphatic carbocycles. The highest BCUT2D eigenvalue weighted by Crippen LogP contribution is 2.32. The fourth-order valence-corrected chi connectivity index (χ4v) is 5.45. The second kappa shape index (κ2) is 14.0. The van der Waals surface area contributed by atoms with Gasteiger partial charge in [-0.15, -0.1) is 0 Å². The van der Waals surface area contributed by atoms with E-state index in [0.717, 1.165) is 37.0 Å². The summed E-state index contributed by atoms with van der Waals surface area (Å²) in [4.78, 5) is 40.9. The van der Waals surface area contributed by atoms with E-state index in [0.29, 0.717) is 25.7 Å². The Kier molecular flexibility index (Phi) is 11.0. The van der Waals surface area contributed by atoms with Gasteiger partial charge in [-0.3, -0.25) is 9.69 Å². The first-order valence-electron chi connectivity index (χ1n) is 14.0. The zero-order valence-corrected chi connectivity index (χ0v) is 24.3. The Hall–Kier alpha value is -2.81. The first-order valence-corrected chi connectivity index (χ1v) is 14.0. The topological polar surface area (TPSA) is 101 Å². The fourth-order valence-electron chi connectivity index (χ4n) is 5.45. The van der Waals surface area contributed by atoms with Crippen LogP contribution < -0.4 is 4.74 Å². The van der Waals surface area contributed by atoms with Crippen LogP contribution in [0, 0.1) is 11.8 Å². The average Bonchev–Trinajstić information content (AvgIpc) is 3.43. The lowest BCUT2D eigenvalue weighted by Crippen LogP contribution is -2.49. The molecule has 2 fully saturated rings. The Bertz CT molecular complexity index is 951. The lowest BCUT2D eigenvalue weighted by molar-refractivity contribution is -0.176. The number of methoxy groups -OCH3 is 2. The molecule has 4 atom stereocenters. The van der Waals surface area contributed by atoms with Crippen LogP contribution in [0.1, 0.15) is 78.2 Å². The van der Waals surface area contributed by atoms with Crippen LogP contribution in [0.4, 0.5) is 4.79 Å². The van der Waals surface area contributed by atoms with Gasteiger partial charge in [0.05, 0.1) is 13.0 Å². The molecule has 1 amide bonds. The van der Waals surface area contributed by atoms with Crippen molar-refractivity contribution < 1.29 is 38.1 Å². The van der Waals surface area contributed by atoms with E-state index < -0.39 is 35.9 Å². The Morgan fingerprint density at radius 1 is 1.00 bits per heavy atom. The third-order valence-electron chi connectivity index (χ3n) is 7.42. The molecule has 1 aromatic rings. The Balaban J connectivity index is 1.86. The molecule has 0 aromatic heterocycles. The number of rotatable bonds is 8. The summed E-state index contributed by atoms with van der Waals surface area (Å²) in [5.41, 5.74) is 0.341. The second-order valence-electron chi connectivity index (χ2n) is 11.7. The molecule has 1 aliphatic heterocycles. The molecule has 2 aliphatic rings. The van der Waals surface area contributed by atoms with E-state index in [-0.39, 0.29) is 24.5 Å². The standard InChI is InChI=1S/C30H45NO8/c1-20-26(38-27(32)22-10-7-8-11-22)23(18-21-14-16-24(36-6)17-15-21)12-9-13-25(28(33)37-20)31(19-35-5)29(34)39-30(2,3)4/h14-17,20,22-23,25-26H,7-13,18-19H2,1-6H3/t20-,23+,25-,26-/m0/s1. The fraction of sp³-hybridized carbons (Fsp3) is 0.700. The molecule has 9 heteroatoms. The van der Waals surface area contributed by atoms with Gasteiger partial charge in [-0.2, -0.15) is 0 Å². The first kappa shape index (κ1) is 30.7. The van der Waals surface area contributed by atoms with Crippen LogP contribution in [-0.4, -0.2) is 67.7 Å². The lowest BCUT2D eigenvalue weighted by Gasteiger charge is -2.33. The molecular weight excluding hydrogens is 502 g/mol.